The first-order chi connectivity index (χ1) is 13.4. The van der Waals surface area contributed by atoms with Gasteiger partial charge in [0.15, 0.2) is 0 Å². The molecule has 0 radical (unpaired) electrons. The molecule has 0 unspecified atom stereocenters. The summed E-state index contributed by atoms with van der Waals surface area (Å²) in [5.74, 6) is -1.55. The van der Waals surface area contributed by atoms with Gasteiger partial charge in [0, 0.05) is 11.1 Å². The molecule has 2 aromatic carbocycles. The number of halogens is 2. The van der Waals surface area contributed by atoms with Crippen molar-refractivity contribution in [3.63, 3.8) is 0 Å². The van der Waals surface area contributed by atoms with Crippen molar-refractivity contribution in [2.45, 2.75) is 0 Å². The lowest BCUT2D eigenvalue weighted by molar-refractivity contribution is 0.103. The highest BCUT2D eigenvalue weighted by Crippen LogP contribution is 2.45. The van der Waals surface area contributed by atoms with Crippen LogP contribution in [0.4, 0.5) is 20.2 Å². The van der Waals surface area contributed by atoms with Crippen LogP contribution in [0, 0.1) is 11.6 Å². The van der Waals surface area contributed by atoms with Gasteiger partial charge in [-0.05, 0) is 48.5 Å². The van der Waals surface area contributed by atoms with Crippen molar-refractivity contribution < 1.29 is 18.4 Å². The third kappa shape index (κ3) is 2.96. The molecule has 4 aromatic rings. The summed E-state index contributed by atoms with van der Waals surface area (Å²) in [6.45, 7) is 0. The molecule has 2 aromatic heterocycles. The average Bonchev–Trinajstić information content (AvgIpc) is 3.19. The van der Waals surface area contributed by atoms with E-state index < -0.39 is 11.6 Å². The lowest BCUT2D eigenvalue weighted by Gasteiger charge is -2.02. The van der Waals surface area contributed by atoms with E-state index in [1.165, 1.54) is 48.5 Å². The van der Waals surface area contributed by atoms with Crippen molar-refractivity contribution in [1.29, 1.82) is 0 Å². The first-order valence-corrected chi connectivity index (χ1v) is 9.71. The molecular weight excluding hydrogens is 402 g/mol. The zero-order chi connectivity index (χ0) is 20.0. The van der Waals surface area contributed by atoms with Crippen molar-refractivity contribution in [3.05, 3.63) is 81.0 Å². The molecule has 4 N–H and O–H groups in total. The molecule has 0 aliphatic heterocycles. The standard InChI is InChI=1S/C20H12F2N2O2S2/c21-11-5-1-9(2-6-11)16(25)18-14(23)13-15(24)19(28-20(13)27-18)17(26)10-3-7-12(22)8-4-10/h1-8H,23-24H2. The van der Waals surface area contributed by atoms with E-state index in [4.69, 9.17) is 11.5 Å². The van der Waals surface area contributed by atoms with Gasteiger partial charge in [-0.25, -0.2) is 8.78 Å². The predicted molar refractivity (Wildman–Crippen MR) is 108 cm³/mol. The van der Waals surface area contributed by atoms with Gasteiger partial charge in [-0.2, -0.15) is 0 Å². The number of carbonyl (C=O) groups excluding carboxylic acids is 2. The maximum absolute atomic E-state index is 13.1. The molecular formula is C20H12F2N2O2S2. The normalized spacial score (nSPS) is 11.1. The highest BCUT2D eigenvalue weighted by atomic mass is 32.2. The summed E-state index contributed by atoms with van der Waals surface area (Å²) in [5, 5.41) is 0.464. The zero-order valence-corrected chi connectivity index (χ0v) is 15.8. The van der Waals surface area contributed by atoms with Crippen LogP contribution in [0.2, 0.25) is 0 Å². The van der Waals surface area contributed by atoms with Gasteiger partial charge in [-0.3, -0.25) is 9.59 Å². The highest BCUT2D eigenvalue weighted by Gasteiger charge is 2.25. The number of ketones is 2. The molecule has 0 saturated heterocycles. The Balaban J connectivity index is 1.75. The van der Waals surface area contributed by atoms with Crippen LogP contribution in [0.5, 0.6) is 0 Å². The molecule has 0 atom stereocenters. The summed E-state index contributed by atoms with van der Waals surface area (Å²) < 4.78 is 26.8. The monoisotopic (exact) mass is 414 g/mol. The Hall–Kier alpha value is -3.10. The fraction of sp³-hybridized carbons (Fsp3) is 0. The Morgan fingerprint density at radius 1 is 0.679 bits per heavy atom. The predicted octanol–water partition coefficient (Wildman–Crippen LogP) is 4.87. The van der Waals surface area contributed by atoms with Gasteiger partial charge in [-0.1, -0.05) is 0 Å². The fourth-order valence-corrected chi connectivity index (χ4v) is 5.34. The van der Waals surface area contributed by atoms with Crippen LogP contribution in [0.15, 0.2) is 48.5 Å². The van der Waals surface area contributed by atoms with Crippen molar-refractivity contribution in [2.24, 2.45) is 0 Å². The summed E-state index contributed by atoms with van der Waals surface area (Å²) in [6, 6.07) is 10.4. The Morgan fingerprint density at radius 3 is 1.36 bits per heavy atom. The molecule has 0 spiro atoms. The van der Waals surface area contributed by atoms with Crippen LogP contribution >= 0.6 is 22.7 Å². The van der Waals surface area contributed by atoms with E-state index in [1.54, 1.807) is 0 Å². The van der Waals surface area contributed by atoms with Gasteiger partial charge in [0.1, 0.15) is 21.4 Å². The Labute approximate surface area is 166 Å². The smallest absolute Gasteiger partial charge is 0.205 e. The Kier molecular flexibility index (Phi) is 4.44. The quantitative estimate of drug-likeness (QED) is 0.467. The number of rotatable bonds is 4. The maximum Gasteiger partial charge on any atom is 0.205 e. The number of hydrogen-bond acceptors (Lipinski definition) is 6. The first kappa shape index (κ1) is 18.3. The molecule has 8 heteroatoms. The van der Waals surface area contributed by atoms with E-state index in [-0.39, 0.29) is 22.9 Å². The van der Waals surface area contributed by atoms with E-state index >= 15 is 0 Å². The van der Waals surface area contributed by atoms with Gasteiger partial charge >= 0.3 is 0 Å². The Morgan fingerprint density at radius 2 is 1.04 bits per heavy atom. The summed E-state index contributed by atoms with van der Waals surface area (Å²) >= 11 is 2.28. The van der Waals surface area contributed by atoms with Crippen molar-refractivity contribution >= 4 is 55.0 Å². The molecule has 4 nitrogen and oxygen atoms in total. The van der Waals surface area contributed by atoms with E-state index in [0.29, 0.717) is 30.3 Å². The number of carbonyl (C=O) groups is 2. The van der Waals surface area contributed by atoms with Crippen LogP contribution < -0.4 is 11.5 Å². The minimum absolute atomic E-state index is 0.196. The van der Waals surface area contributed by atoms with E-state index in [9.17, 15) is 18.4 Å². The number of nitrogens with two attached hydrogens (primary N) is 2. The lowest BCUT2D eigenvalue weighted by Crippen LogP contribution is -2.04. The number of anilines is 2. The van der Waals surface area contributed by atoms with E-state index in [1.807, 2.05) is 0 Å². The van der Waals surface area contributed by atoms with Crippen LogP contribution in [-0.2, 0) is 0 Å². The Bertz CT molecular complexity index is 1130. The average molecular weight is 414 g/mol. The first-order valence-electron chi connectivity index (χ1n) is 8.07. The third-order valence-electron chi connectivity index (χ3n) is 4.25. The van der Waals surface area contributed by atoms with Crippen molar-refractivity contribution in [1.82, 2.24) is 0 Å². The number of fused-ring (bicyclic) bond motifs is 1. The maximum atomic E-state index is 13.1. The van der Waals surface area contributed by atoms with E-state index in [0.717, 1.165) is 22.7 Å². The molecule has 140 valence electrons. The molecule has 0 amide bonds. The highest BCUT2D eigenvalue weighted by molar-refractivity contribution is 7.40. The topological polar surface area (TPSA) is 86.2 Å². The van der Waals surface area contributed by atoms with E-state index in [2.05, 4.69) is 0 Å². The van der Waals surface area contributed by atoms with Crippen LogP contribution in [0.3, 0.4) is 0 Å². The van der Waals surface area contributed by atoms with Gasteiger partial charge in [0.2, 0.25) is 11.6 Å². The second-order valence-corrected chi connectivity index (χ2v) is 8.32. The summed E-state index contributed by atoms with van der Waals surface area (Å²) in [5.41, 5.74) is 13.3. The molecule has 0 saturated carbocycles. The second-order valence-electron chi connectivity index (χ2n) is 6.02. The zero-order valence-electron chi connectivity index (χ0n) is 14.2. The van der Waals surface area contributed by atoms with Crippen LogP contribution in [0.25, 0.3) is 9.40 Å². The molecule has 4 rings (SSSR count). The minimum Gasteiger partial charge on any atom is -0.397 e. The molecule has 2 heterocycles. The van der Waals surface area contributed by atoms with Gasteiger partial charge in [0.25, 0.3) is 0 Å². The van der Waals surface area contributed by atoms with Crippen molar-refractivity contribution in [3.8, 4) is 0 Å². The lowest BCUT2D eigenvalue weighted by atomic mass is 10.1. The summed E-state index contributed by atoms with van der Waals surface area (Å²) in [4.78, 5) is 26.0. The van der Waals surface area contributed by atoms with Gasteiger partial charge in [-0.15, -0.1) is 22.7 Å². The number of benzene rings is 2. The summed E-state index contributed by atoms with van der Waals surface area (Å²) in [6.07, 6.45) is 0. The number of thiophene rings is 2. The number of hydrogen-bond donors (Lipinski definition) is 2. The largest absolute Gasteiger partial charge is 0.397 e. The van der Waals surface area contributed by atoms with Crippen molar-refractivity contribution in [2.75, 3.05) is 11.5 Å². The van der Waals surface area contributed by atoms with Crippen LogP contribution in [-0.4, -0.2) is 11.6 Å². The SMILES string of the molecule is Nc1c(C(=O)c2ccc(F)cc2)sc2sc(C(=O)c3ccc(F)cc3)c(N)c12. The van der Waals surface area contributed by atoms with Gasteiger partial charge in [0.05, 0.1) is 20.8 Å². The molecule has 0 aliphatic carbocycles. The molecule has 28 heavy (non-hydrogen) atoms. The van der Waals surface area contributed by atoms with Gasteiger partial charge < -0.3 is 11.5 Å². The molecule has 0 fully saturated rings. The summed E-state index contributed by atoms with van der Waals surface area (Å²) in [7, 11) is 0. The second kappa shape index (κ2) is 6.81. The fourth-order valence-electron chi connectivity index (χ4n) is 2.81. The van der Waals surface area contributed by atoms with Crippen LogP contribution in [0.1, 0.15) is 30.5 Å². The third-order valence-corrected chi connectivity index (χ3v) is 6.74. The minimum atomic E-state index is -0.440. The number of nitrogen functional groups attached to an aromatic ring is 2. The molecule has 0 bridgehead atoms. The molecule has 0 aliphatic rings.